The summed E-state index contributed by atoms with van der Waals surface area (Å²) in [5, 5.41) is 1.33. The van der Waals surface area contributed by atoms with Gasteiger partial charge in [0.1, 0.15) is 0 Å². The highest BCUT2D eigenvalue weighted by Gasteiger charge is 2.15. The SMILES string of the molecule is CC(C)n1ccc2ccc(C(C)(C)C)cc21. The Morgan fingerprint density at radius 1 is 1.06 bits per heavy atom. The zero-order chi connectivity index (χ0) is 11.9. The van der Waals surface area contributed by atoms with Crippen LogP contribution in [0.2, 0.25) is 0 Å². The topological polar surface area (TPSA) is 4.93 Å². The zero-order valence-electron chi connectivity index (χ0n) is 10.9. The van der Waals surface area contributed by atoms with Crippen LogP contribution in [0.15, 0.2) is 30.5 Å². The van der Waals surface area contributed by atoms with Crippen LogP contribution in [0.3, 0.4) is 0 Å². The number of nitrogens with zero attached hydrogens (tertiary/aromatic N) is 1. The molecular formula is C15H21N. The van der Waals surface area contributed by atoms with Crippen LogP contribution in [0, 0.1) is 0 Å². The van der Waals surface area contributed by atoms with Gasteiger partial charge in [0, 0.05) is 17.8 Å². The lowest BCUT2D eigenvalue weighted by Gasteiger charge is -2.20. The molecule has 0 unspecified atom stereocenters. The molecule has 0 aliphatic carbocycles. The quantitative estimate of drug-likeness (QED) is 0.659. The lowest BCUT2D eigenvalue weighted by atomic mass is 9.87. The second-order valence-electron chi connectivity index (χ2n) is 5.84. The molecule has 1 aromatic carbocycles. The van der Waals surface area contributed by atoms with Crippen LogP contribution < -0.4 is 0 Å². The third-order valence-electron chi connectivity index (χ3n) is 3.15. The van der Waals surface area contributed by atoms with Crippen LogP contribution in [0.25, 0.3) is 10.9 Å². The molecule has 0 saturated carbocycles. The van der Waals surface area contributed by atoms with Crippen LogP contribution in [-0.4, -0.2) is 4.57 Å². The lowest BCUT2D eigenvalue weighted by Crippen LogP contribution is -2.11. The second kappa shape index (κ2) is 3.65. The lowest BCUT2D eigenvalue weighted by molar-refractivity contribution is 0.588. The van der Waals surface area contributed by atoms with Crippen molar-refractivity contribution in [2.45, 2.75) is 46.1 Å². The normalized spacial score (nSPS) is 12.6. The molecule has 1 nitrogen and oxygen atoms in total. The van der Waals surface area contributed by atoms with E-state index in [9.17, 15) is 0 Å². The third-order valence-corrected chi connectivity index (χ3v) is 3.15. The molecule has 0 spiro atoms. The Labute approximate surface area is 98.1 Å². The molecule has 0 N–H and O–H groups in total. The van der Waals surface area contributed by atoms with Gasteiger partial charge in [0.2, 0.25) is 0 Å². The maximum Gasteiger partial charge on any atom is 0.0485 e. The van der Waals surface area contributed by atoms with Gasteiger partial charge in [0.05, 0.1) is 0 Å². The Balaban J connectivity index is 2.63. The minimum Gasteiger partial charge on any atom is -0.345 e. The van der Waals surface area contributed by atoms with E-state index in [4.69, 9.17) is 0 Å². The van der Waals surface area contributed by atoms with E-state index in [1.165, 1.54) is 16.5 Å². The van der Waals surface area contributed by atoms with E-state index in [1.54, 1.807) is 0 Å². The molecule has 16 heavy (non-hydrogen) atoms. The van der Waals surface area contributed by atoms with Gasteiger partial charge in [-0.05, 0) is 42.3 Å². The molecule has 1 heterocycles. The predicted molar refractivity (Wildman–Crippen MR) is 71.0 cm³/mol. The Kier molecular flexibility index (Phi) is 2.57. The van der Waals surface area contributed by atoms with E-state index >= 15 is 0 Å². The Bertz CT molecular complexity index is 498. The fourth-order valence-corrected chi connectivity index (χ4v) is 2.07. The van der Waals surface area contributed by atoms with Crippen molar-refractivity contribution in [1.82, 2.24) is 4.57 Å². The van der Waals surface area contributed by atoms with Crippen molar-refractivity contribution in [2.75, 3.05) is 0 Å². The Morgan fingerprint density at radius 3 is 2.31 bits per heavy atom. The molecular weight excluding hydrogens is 194 g/mol. The van der Waals surface area contributed by atoms with Gasteiger partial charge in [-0.2, -0.15) is 0 Å². The molecule has 0 fully saturated rings. The average molecular weight is 215 g/mol. The zero-order valence-corrected chi connectivity index (χ0v) is 10.9. The van der Waals surface area contributed by atoms with E-state index in [-0.39, 0.29) is 5.41 Å². The van der Waals surface area contributed by atoms with E-state index in [0.717, 1.165) is 0 Å². The summed E-state index contributed by atoms with van der Waals surface area (Å²) in [7, 11) is 0. The van der Waals surface area contributed by atoms with E-state index in [0.29, 0.717) is 6.04 Å². The molecule has 2 rings (SSSR count). The highest BCUT2D eigenvalue weighted by molar-refractivity contribution is 5.81. The van der Waals surface area contributed by atoms with Crippen molar-refractivity contribution in [2.24, 2.45) is 0 Å². The monoisotopic (exact) mass is 215 g/mol. The van der Waals surface area contributed by atoms with Crippen molar-refractivity contribution in [3.63, 3.8) is 0 Å². The van der Waals surface area contributed by atoms with Crippen molar-refractivity contribution in [3.8, 4) is 0 Å². The van der Waals surface area contributed by atoms with E-state index in [1.807, 2.05) is 0 Å². The van der Waals surface area contributed by atoms with Crippen molar-refractivity contribution in [1.29, 1.82) is 0 Å². The minimum atomic E-state index is 0.222. The number of rotatable bonds is 1. The highest BCUT2D eigenvalue weighted by Crippen LogP contribution is 2.27. The molecule has 0 amide bonds. The summed E-state index contributed by atoms with van der Waals surface area (Å²) in [5.41, 5.74) is 2.98. The second-order valence-corrected chi connectivity index (χ2v) is 5.84. The van der Waals surface area contributed by atoms with Gasteiger partial charge in [0.25, 0.3) is 0 Å². The molecule has 0 saturated heterocycles. The standard InChI is InChI=1S/C15H21N/c1-11(2)16-9-8-12-6-7-13(10-14(12)16)15(3,4)5/h6-11H,1-5H3. The van der Waals surface area contributed by atoms with Gasteiger partial charge in [-0.25, -0.2) is 0 Å². The van der Waals surface area contributed by atoms with Crippen LogP contribution in [0.1, 0.15) is 46.2 Å². The van der Waals surface area contributed by atoms with E-state index < -0.39 is 0 Å². The van der Waals surface area contributed by atoms with Gasteiger partial charge in [0.15, 0.2) is 0 Å². The highest BCUT2D eigenvalue weighted by atomic mass is 15.0. The molecule has 0 aliphatic rings. The first-order chi connectivity index (χ1) is 7.39. The van der Waals surface area contributed by atoms with Crippen molar-refractivity contribution >= 4 is 10.9 Å². The Morgan fingerprint density at radius 2 is 1.75 bits per heavy atom. The molecule has 0 bridgehead atoms. The van der Waals surface area contributed by atoms with Crippen LogP contribution in [0.5, 0.6) is 0 Å². The molecule has 2 aromatic rings. The number of benzene rings is 1. The first kappa shape index (κ1) is 11.3. The first-order valence-corrected chi connectivity index (χ1v) is 6.00. The molecule has 0 radical (unpaired) electrons. The van der Waals surface area contributed by atoms with Gasteiger partial charge in [-0.1, -0.05) is 32.9 Å². The molecule has 1 aromatic heterocycles. The molecule has 1 heteroatoms. The summed E-state index contributed by atoms with van der Waals surface area (Å²) >= 11 is 0. The fraction of sp³-hybridized carbons (Fsp3) is 0.467. The van der Waals surface area contributed by atoms with Gasteiger partial charge in [-0.3, -0.25) is 0 Å². The largest absolute Gasteiger partial charge is 0.345 e. The minimum absolute atomic E-state index is 0.222. The van der Waals surface area contributed by atoms with Crippen LogP contribution in [0.4, 0.5) is 0 Å². The van der Waals surface area contributed by atoms with Gasteiger partial charge in [-0.15, -0.1) is 0 Å². The first-order valence-electron chi connectivity index (χ1n) is 6.00. The maximum absolute atomic E-state index is 2.34. The molecule has 0 aliphatic heterocycles. The average Bonchev–Trinajstić information content (AvgIpc) is 2.58. The number of aromatic nitrogens is 1. The number of hydrogen-bond donors (Lipinski definition) is 0. The maximum atomic E-state index is 2.34. The smallest absolute Gasteiger partial charge is 0.0485 e. The van der Waals surface area contributed by atoms with Crippen LogP contribution >= 0.6 is 0 Å². The molecule has 86 valence electrons. The van der Waals surface area contributed by atoms with Crippen LogP contribution in [-0.2, 0) is 5.41 Å². The fourth-order valence-electron chi connectivity index (χ4n) is 2.07. The summed E-state index contributed by atoms with van der Waals surface area (Å²) in [5.74, 6) is 0. The predicted octanol–water partition coefficient (Wildman–Crippen LogP) is 4.52. The van der Waals surface area contributed by atoms with E-state index in [2.05, 4.69) is 69.6 Å². The number of hydrogen-bond acceptors (Lipinski definition) is 0. The van der Waals surface area contributed by atoms with Gasteiger partial charge >= 0.3 is 0 Å². The Hall–Kier alpha value is -1.24. The van der Waals surface area contributed by atoms with Crippen molar-refractivity contribution < 1.29 is 0 Å². The third kappa shape index (κ3) is 1.87. The summed E-state index contributed by atoms with van der Waals surface area (Å²) < 4.78 is 2.34. The molecule has 0 atom stereocenters. The number of fused-ring (bicyclic) bond motifs is 1. The summed E-state index contributed by atoms with van der Waals surface area (Å²) in [6.45, 7) is 11.2. The van der Waals surface area contributed by atoms with Gasteiger partial charge < -0.3 is 4.57 Å². The summed E-state index contributed by atoms with van der Waals surface area (Å²) in [6, 6.07) is 9.52. The summed E-state index contributed by atoms with van der Waals surface area (Å²) in [4.78, 5) is 0. The summed E-state index contributed by atoms with van der Waals surface area (Å²) in [6.07, 6.45) is 2.18. The van der Waals surface area contributed by atoms with Crippen molar-refractivity contribution in [3.05, 3.63) is 36.0 Å².